The summed E-state index contributed by atoms with van der Waals surface area (Å²) >= 11 is 14.3. The first-order valence-electron chi connectivity index (χ1n) is 15.2. The number of nitrogens with one attached hydrogen (secondary N) is 2. The summed E-state index contributed by atoms with van der Waals surface area (Å²) in [6.45, 7) is 1.54. The summed E-state index contributed by atoms with van der Waals surface area (Å²) in [5, 5.41) is 5.22. The number of fused-ring (bicyclic) bond motifs is 1. The highest BCUT2D eigenvalue weighted by Crippen LogP contribution is 2.48. The standard InChI is InChI=1S/C33H25Cl2F4IN6O4/c1-30(14-17-2-5-20(6-3-17)50-33(37,38)39)28(49)45(19-12-21(34)25(36)22(35)13-19)29-42-16-23(46(29)30)26(47)43-32(10-11-32)27(48)44-31(8-9-31)24-7-4-18(40)15-41-24/h2-7,12-13,15-16H,8-11,14H2,1H3,(H,43,47)(H,44,48)/t30-/m1/s1. The number of hydrogen-bond acceptors (Lipinski definition) is 6. The number of pyridine rings is 1. The second-order valence-electron chi connectivity index (χ2n) is 12.7. The number of aromatic nitrogens is 3. The molecule has 0 bridgehead atoms. The highest BCUT2D eigenvalue weighted by atomic mass is 127. The van der Waals surface area contributed by atoms with Gasteiger partial charge in [0.05, 0.1) is 33.2 Å². The van der Waals surface area contributed by atoms with Crippen molar-refractivity contribution in [2.45, 2.75) is 62.0 Å². The number of benzene rings is 2. The molecule has 2 aromatic carbocycles. The van der Waals surface area contributed by atoms with Crippen LogP contribution in [0.25, 0.3) is 0 Å². The Morgan fingerprint density at radius 1 is 0.980 bits per heavy atom. The van der Waals surface area contributed by atoms with E-state index in [2.05, 4.69) is 47.9 Å². The van der Waals surface area contributed by atoms with E-state index in [4.69, 9.17) is 23.2 Å². The van der Waals surface area contributed by atoms with Gasteiger partial charge in [0.15, 0.2) is 5.82 Å². The fraction of sp³-hybridized carbons (Fsp3) is 0.303. The van der Waals surface area contributed by atoms with Crippen LogP contribution in [0.2, 0.25) is 10.0 Å². The molecule has 1 aliphatic heterocycles. The molecule has 0 spiro atoms. The first-order chi connectivity index (χ1) is 23.5. The van der Waals surface area contributed by atoms with Crippen LogP contribution in [0.15, 0.2) is 60.9 Å². The Balaban J connectivity index is 1.21. The summed E-state index contributed by atoms with van der Waals surface area (Å²) < 4.78 is 59.0. The molecule has 1 atom stereocenters. The fourth-order valence-electron chi connectivity index (χ4n) is 6.22. The minimum Gasteiger partial charge on any atom is -0.406 e. The van der Waals surface area contributed by atoms with Crippen molar-refractivity contribution in [1.29, 1.82) is 0 Å². The fourth-order valence-corrected chi connectivity index (χ4v) is 7.01. The molecular formula is C33H25Cl2F4IN6O4. The van der Waals surface area contributed by atoms with E-state index in [1.165, 1.54) is 42.0 Å². The molecule has 17 heteroatoms. The van der Waals surface area contributed by atoms with Gasteiger partial charge in [-0.1, -0.05) is 35.3 Å². The summed E-state index contributed by atoms with van der Waals surface area (Å²) in [6, 6.07) is 11.1. The van der Waals surface area contributed by atoms with E-state index in [9.17, 15) is 31.9 Å². The van der Waals surface area contributed by atoms with Crippen molar-refractivity contribution in [3.63, 3.8) is 0 Å². The first-order valence-corrected chi connectivity index (χ1v) is 17.1. The third-order valence-corrected chi connectivity index (χ3v) is 10.3. The van der Waals surface area contributed by atoms with Gasteiger partial charge in [0.25, 0.3) is 11.8 Å². The van der Waals surface area contributed by atoms with Crippen molar-refractivity contribution in [2.75, 3.05) is 4.90 Å². The average Bonchev–Trinajstić information content (AvgIpc) is 3.95. The van der Waals surface area contributed by atoms with Crippen molar-refractivity contribution in [3.05, 3.63) is 97.3 Å². The Morgan fingerprint density at radius 3 is 2.20 bits per heavy atom. The quantitative estimate of drug-likeness (QED) is 0.107. The number of alkyl halides is 3. The summed E-state index contributed by atoms with van der Waals surface area (Å²) in [7, 11) is 0. The maximum atomic E-state index is 14.4. The van der Waals surface area contributed by atoms with Gasteiger partial charge in [-0.25, -0.2) is 14.3 Å². The van der Waals surface area contributed by atoms with Gasteiger partial charge in [0, 0.05) is 16.2 Å². The zero-order valence-electron chi connectivity index (χ0n) is 25.9. The molecule has 3 heterocycles. The number of anilines is 2. The van der Waals surface area contributed by atoms with Crippen LogP contribution in [0, 0.1) is 9.39 Å². The molecule has 0 unspecified atom stereocenters. The van der Waals surface area contributed by atoms with Crippen molar-refractivity contribution >= 4 is 75.2 Å². The van der Waals surface area contributed by atoms with E-state index in [0.717, 1.165) is 26.3 Å². The molecule has 0 radical (unpaired) electrons. The number of carbonyl (C=O) groups is 3. The van der Waals surface area contributed by atoms with E-state index < -0.39 is 46.4 Å². The molecule has 0 saturated heterocycles. The molecule has 260 valence electrons. The average molecular weight is 843 g/mol. The van der Waals surface area contributed by atoms with Gasteiger partial charge >= 0.3 is 6.36 Å². The monoisotopic (exact) mass is 842 g/mol. The van der Waals surface area contributed by atoms with Crippen LogP contribution in [0.1, 0.15) is 54.4 Å². The minimum absolute atomic E-state index is 0.0190. The van der Waals surface area contributed by atoms with Crippen LogP contribution < -0.4 is 20.3 Å². The molecule has 2 fully saturated rings. The molecule has 2 aliphatic carbocycles. The van der Waals surface area contributed by atoms with Crippen LogP contribution in [0.5, 0.6) is 5.75 Å². The molecular weight excluding hydrogens is 818 g/mol. The molecule has 50 heavy (non-hydrogen) atoms. The lowest BCUT2D eigenvalue weighted by Crippen LogP contribution is -2.52. The topological polar surface area (TPSA) is 118 Å². The van der Waals surface area contributed by atoms with Crippen LogP contribution >= 0.6 is 45.8 Å². The highest BCUT2D eigenvalue weighted by molar-refractivity contribution is 14.1. The zero-order chi connectivity index (χ0) is 35.8. The maximum Gasteiger partial charge on any atom is 0.573 e. The predicted octanol–water partition coefficient (Wildman–Crippen LogP) is 6.93. The number of nitrogens with zero attached hydrogens (tertiary/aromatic N) is 4. The van der Waals surface area contributed by atoms with Crippen molar-refractivity contribution in [2.24, 2.45) is 0 Å². The summed E-state index contributed by atoms with van der Waals surface area (Å²) in [5.41, 5.74) is -2.25. The number of amides is 3. The molecule has 10 nitrogen and oxygen atoms in total. The van der Waals surface area contributed by atoms with Crippen LogP contribution in [0.3, 0.4) is 0 Å². The van der Waals surface area contributed by atoms with Crippen LogP contribution in [-0.4, -0.2) is 44.2 Å². The largest absolute Gasteiger partial charge is 0.573 e. The minimum atomic E-state index is -4.90. The van der Waals surface area contributed by atoms with Crippen LogP contribution in [0.4, 0.5) is 29.2 Å². The van der Waals surface area contributed by atoms with E-state index in [1.54, 1.807) is 6.20 Å². The molecule has 3 amide bonds. The molecule has 2 aromatic heterocycles. The lowest BCUT2D eigenvalue weighted by molar-refractivity contribution is -0.274. The normalized spacial score (nSPS) is 19.9. The van der Waals surface area contributed by atoms with Crippen molar-refractivity contribution in [1.82, 2.24) is 25.2 Å². The van der Waals surface area contributed by atoms with Crippen LogP contribution in [-0.2, 0) is 27.1 Å². The number of ether oxygens (including phenoxy) is 1. The van der Waals surface area contributed by atoms with E-state index >= 15 is 0 Å². The van der Waals surface area contributed by atoms with E-state index in [-0.39, 0.29) is 39.7 Å². The van der Waals surface area contributed by atoms with Gasteiger partial charge in [-0.2, -0.15) is 0 Å². The van der Waals surface area contributed by atoms with Crippen molar-refractivity contribution < 1.29 is 36.7 Å². The predicted molar refractivity (Wildman–Crippen MR) is 182 cm³/mol. The van der Waals surface area contributed by atoms with E-state index in [1.807, 2.05) is 12.1 Å². The lowest BCUT2D eigenvalue weighted by Gasteiger charge is -2.27. The van der Waals surface area contributed by atoms with Gasteiger partial charge in [-0.05, 0) is 97.2 Å². The summed E-state index contributed by atoms with van der Waals surface area (Å²) in [4.78, 5) is 52.0. The maximum absolute atomic E-state index is 14.4. The summed E-state index contributed by atoms with van der Waals surface area (Å²) in [5.74, 6) is -3.02. The molecule has 4 aromatic rings. The number of hydrogen-bond donors (Lipinski definition) is 2. The number of rotatable bonds is 9. The third-order valence-electron chi connectivity index (χ3n) is 9.12. The Labute approximate surface area is 305 Å². The Bertz CT molecular complexity index is 2030. The number of imidazole rings is 1. The van der Waals surface area contributed by atoms with Crippen molar-refractivity contribution in [3.8, 4) is 5.75 Å². The van der Waals surface area contributed by atoms with Gasteiger partial charge in [0.1, 0.15) is 22.5 Å². The smallest absolute Gasteiger partial charge is 0.406 e. The lowest BCUT2D eigenvalue weighted by atomic mass is 9.91. The van der Waals surface area contributed by atoms with Gasteiger partial charge in [-0.3, -0.25) is 23.9 Å². The van der Waals surface area contributed by atoms with E-state index in [0.29, 0.717) is 31.2 Å². The number of halogens is 7. The zero-order valence-corrected chi connectivity index (χ0v) is 29.5. The first kappa shape index (κ1) is 34.5. The molecule has 2 saturated carbocycles. The molecule has 3 aliphatic rings. The summed E-state index contributed by atoms with van der Waals surface area (Å²) in [6.07, 6.45) is 0.114. The Hall–Kier alpha value is -3.96. The van der Waals surface area contributed by atoms with Gasteiger partial charge in [0.2, 0.25) is 11.9 Å². The SMILES string of the molecule is C[C@@]1(Cc2ccc(OC(F)(F)F)cc2)C(=O)N(c2cc(Cl)c(F)c(Cl)c2)c2ncc(C(=O)NC3(C(=O)NC4(c5ccc(I)cn5)CC4)CC3)n21. The molecule has 7 rings (SSSR count). The second kappa shape index (κ2) is 12.1. The molecule has 2 N–H and O–H groups in total. The van der Waals surface area contributed by atoms with Gasteiger partial charge < -0.3 is 15.4 Å². The second-order valence-corrected chi connectivity index (χ2v) is 14.8. The Kier molecular flexibility index (Phi) is 8.33. The highest BCUT2D eigenvalue weighted by Gasteiger charge is 2.57. The van der Waals surface area contributed by atoms with Gasteiger partial charge in [-0.15, -0.1) is 13.2 Å². The third kappa shape index (κ3) is 6.16. The Morgan fingerprint density at radius 2 is 1.64 bits per heavy atom. The number of carbonyl (C=O) groups excluding carboxylic acids is 3.